The summed E-state index contributed by atoms with van der Waals surface area (Å²) in [5.74, 6) is -0.241. The first-order valence-corrected chi connectivity index (χ1v) is 7.96. The minimum Gasteiger partial charge on any atom is -0.342 e. The van der Waals surface area contributed by atoms with Gasteiger partial charge in [0, 0.05) is 22.4 Å². The molecule has 2 aromatic carbocycles. The summed E-state index contributed by atoms with van der Waals surface area (Å²) in [6, 6.07) is 12.6. The standard InChI is InChI=1S/C17H13BrN2O3/c1-20-13-8-9(18)6-7-11(13)14(17(20)21)15-16(23-22)10-4-2-3-5-12(10)19-15/h2-8,14-15,22H,1H3. The predicted molar refractivity (Wildman–Crippen MR) is 88.4 cm³/mol. The molecule has 1 N–H and O–H groups in total. The summed E-state index contributed by atoms with van der Waals surface area (Å²) in [4.78, 5) is 23.6. The summed E-state index contributed by atoms with van der Waals surface area (Å²) >= 11 is 3.43. The van der Waals surface area contributed by atoms with E-state index >= 15 is 0 Å². The minimum atomic E-state index is -0.560. The molecule has 2 aromatic rings. The molecule has 1 amide bonds. The van der Waals surface area contributed by atoms with Crippen LogP contribution in [0.2, 0.25) is 0 Å². The molecular formula is C17H13BrN2O3. The van der Waals surface area contributed by atoms with Crippen molar-refractivity contribution in [2.45, 2.75) is 12.0 Å². The molecule has 116 valence electrons. The van der Waals surface area contributed by atoms with Crippen LogP contribution in [0.1, 0.15) is 11.5 Å². The van der Waals surface area contributed by atoms with Crippen LogP contribution in [0.25, 0.3) is 5.76 Å². The number of anilines is 1. The molecule has 0 saturated heterocycles. The molecule has 2 aliphatic rings. The van der Waals surface area contributed by atoms with Gasteiger partial charge in [0.25, 0.3) is 0 Å². The van der Waals surface area contributed by atoms with Gasteiger partial charge in [0.05, 0.1) is 11.3 Å². The van der Waals surface area contributed by atoms with Crippen molar-refractivity contribution in [2.75, 3.05) is 11.9 Å². The third-order valence-corrected chi connectivity index (χ3v) is 4.91. The average molecular weight is 373 g/mol. The lowest BCUT2D eigenvalue weighted by molar-refractivity contribution is -0.176. The largest absolute Gasteiger partial charge is 0.342 e. The molecule has 5 nitrogen and oxygen atoms in total. The molecular weight excluding hydrogens is 360 g/mol. The van der Waals surface area contributed by atoms with Gasteiger partial charge in [-0.25, -0.2) is 5.26 Å². The Morgan fingerprint density at radius 1 is 1.26 bits per heavy atom. The Hall–Kier alpha value is -2.18. The van der Waals surface area contributed by atoms with E-state index in [0.29, 0.717) is 5.76 Å². The van der Waals surface area contributed by atoms with E-state index in [-0.39, 0.29) is 5.91 Å². The Morgan fingerprint density at radius 2 is 2.04 bits per heavy atom. The van der Waals surface area contributed by atoms with Gasteiger partial charge in [0.15, 0.2) is 5.76 Å². The van der Waals surface area contributed by atoms with Gasteiger partial charge in [-0.05, 0) is 29.8 Å². The van der Waals surface area contributed by atoms with Gasteiger partial charge in [-0.3, -0.25) is 9.79 Å². The molecule has 6 heteroatoms. The van der Waals surface area contributed by atoms with Gasteiger partial charge >= 0.3 is 0 Å². The van der Waals surface area contributed by atoms with E-state index in [4.69, 9.17) is 0 Å². The van der Waals surface area contributed by atoms with Crippen LogP contribution in [0.4, 0.5) is 5.69 Å². The first kappa shape index (κ1) is 14.4. The Morgan fingerprint density at radius 3 is 2.83 bits per heavy atom. The molecule has 4 rings (SSSR count). The predicted octanol–water partition coefficient (Wildman–Crippen LogP) is 1.81. The average Bonchev–Trinajstić information content (AvgIpc) is 3.03. The minimum absolute atomic E-state index is 0.0609. The molecule has 0 bridgehead atoms. The fourth-order valence-electron chi connectivity index (χ4n) is 3.33. The zero-order valence-corrected chi connectivity index (χ0v) is 13.8. The summed E-state index contributed by atoms with van der Waals surface area (Å²) in [6.45, 7) is 0. The lowest BCUT2D eigenvalue weighted by Gasteiger charge is -2.17. The number of amides is 1. The number of nitrogens with zero attached hydrogens (tertiary/aromatic N) is 2. The quantitative estimate of drug-likeness (QED) is 0.645. The highest BCUT2D eigenvalue weighted by atomic mass is 79.9. The van der Waals surface area contributed by atoms with E-state index in [1.54, 1.807) is 11.9 Å². The fraction of sp³-hybridized carbons (Fsp3) is 0.176. The number of hydrogen-bond donors (Lipinski definition) is 1. The Bertz CT molecular complexity index is 941. The van der Waals surface area contributed by atoms with E-state index in [2.05, 4.69) is 25.8 Å². The van der Waals surface area contributed by atoms with Crippen LogP contribution in [0, 0.1) is 0 Å². The van der Waals surface area contributed by atoms with E-state index < -0.39 is 12.0 Å². The highest BCUT2D eigenvalue weighted by Gasteiger charge is 2.44. The highest BCUT2D eigenvalue weighted by molar-refractivity contribution is 9.10. The second-order valence-electron chi connectivity index (χ2n) is 5.62. The maximum atomic E-state index is 12.8. The molecule has 2 atom stereocenters. The van der Waals surface area contributed by atoms with Crippen LogP contribution >= 0.6 is 15.9 Å². The van der Waals surface area contributed by atoms with E-state index in [9.17, 15) is 10.1 Å². The van der Waals surface area contributed by atoms with Crippen molar-refractivity contribution >= 4 is 33.3 Å². The maximum absolute atomic E-state index is 12.8. The molecule has 2 unspecified atom stereocenters. The van der Waals surface area contributed by atoms with Crippen LogP contribution in [0.5, 0.6) is 0 Å². The topological polar surface area (TPSA) is 62.1 Å². The third kappa shape index (κ3) is 2.02. The zero-order chi connectivity index (χ0) is 16.1. The first-order chi connectivity index (χ1) is 11.1. The number of benzene rings is 2. The van der Waals surface area contributed by atoms with Crippen LogP contribution in [-0.2, 0) is 9.68 Å². The van der Waals surface area contributed by atoms with Gasteiger partial charge in [-0.2, -0.15) is 0 Å². The van der Waals surface area contributed by atoms with E-state index in [1.165, 1.54) is 0 Å². The van der Waals surface area contributed by atoms with Crippen LogP contribution in [-0.4, -0.2) is 24.3 Å². The summed E-state index contributed by atoms with van der Waals surface area (Å²) in [5, 5.41) is 10.8. The van der Waals surface area contributed by atoms with Crippen LogP contribution in [0.15, 0.2) is 51.9 Å². The van der Waals surface area contributed by atoms with Gasteiger partial charge in [-0.15, -0.1) is 0 Å². The Kier molecular flexibility index (Phi) is 3.25. The third-order valence-electron chi connectivity index (χ3n) is 4.42. The van der Waals surface area contributed by atoms with Crippen molar-refractivity contribution in [2.24, 2.45) is 4.99 Å². The monoisotopic (exact) mass is 372 g/mol. The number of rotatable bonds is 2. The van der Waals surface area contributed by atoms with Crippen molar-refractivity contribution in [1.82, 2.24) is 0 Å². The van der Waals surface area contributed by atoms with Crippen molar-refractivity contribution in [3.05, 3.63) is 63.1 Å². The molecule has 0 saturated carbocycles. The number of likely N-dealkylation sites (N-methyl/N-ethyl adjacent to an activating group) is 1. The molecule has 0 radical (unpaired) electrons. The normalized spacial score (nSPS) is 22.0. The van der Waals surface area contributed by atoms with Crippen LogP contribution < -0.4 is 15.5 Å². The number of hydrogen-bond acceptors (Lipinski definition) is 4. The van der Waals surface area contributed by atoms with Gasteiger partial charge in [0.2, 0.25) is 5.91 Å². The molecule has 2 heterocycles. The van der Waals surface area contributed by atoms with Gasteiger partial charge < -0.3 is 9.79 Å². The molecule has 0 spiro atoms. The first-order valence-electron chi connectivity index (χ1n) is 7.17. The van der Waals surface area contributed by atoms with Gasteiger partial charge in [0.1, 0.15) is 6.04 Å². The molecule has 0 fully saturated rings. The number of fused-ring (bicyclic) bond motifs is 2. The maximum Gasteiger partial charge on any atom is 0.237 e. The second kappa shape index (κ2) is 5.18. The van der Waals surface area contributed by atoms with E-state index in [1.807, 2.05) is 42.5 Å². The van der Waals surface area contributed by atoms with Crippen LogP contribution in [0.3, 0.4) is 0 Å². The number of para-hydroxylation sites is 1. The van der Waals surface area contributed by atoms with Crippen molar-refractivity contribution in [3.8, 4) is 0 Å². The molecule has 0 aliphatic carbocycles. The summed E-state index contributed by atoms with van der Waals surface area (Å²) in [5.41, 5.74) is 1.73. The highest BCUT2D eigenvalue weighted by Crippen LogP contribution is 2.42. The number of carbonyl (C=O) groups is 1. The summed E-state index contributed by atoms with van der Waals surface area (Å²) in [7, 11) is 1.75. The lowest BCUT2D eigenvalue weighted by Crippen LogP contribution is -2.31. The number of carbonyl (C=O) groups excluding carboxylic acids is 1. The fourth-order valence-corrected chi connectivity index (χ4v) is 3.68. The van der Waals surface area contributed by atoms with Crippen molar-refractivity contribution in [1.29, 1.82) is 0 Å². The Labute approximate surface area is 140 Å². The van der Waals surface area contributed by atoms with Gasteiger partial charge in [-0.1, -0.05) is 34.1 Å². The van der Waals surface area contributed by atoms with Crippen molar-refractivity contribution < 1.29 is 14.9 Å². The smallest absolute Gasteiger partial charge is 0.237 e. The van der Waals surface area contributed by atoms with Crippen molar-refractivity contribution in [3.63, 3.8) is 0 Å². The SMILES string of the molecule is CN1C(=O)C(C2N=c3ccccc3=C2OO)c2ccc(Br)cc21. The zero-order valence-electron chi connectivity index (χ0n) is 12.2. The second-order valence-corrected chi connectivity index (χ2v) is 6.54. The number of halogens is 1. The van der Waals surface area contributed by atoms with E-state index in [0.717, 1.165) is 26.3 Å². The lowest BCUT2D eigenvalue weighted by atomic mass is 9.92. The summed E-state index contributed by atoms with van der Waals surface area (Å²) in [6.07, 6.45) is 0. The Balaban J connectivity index is 1.90. The summed E-state index contributed by atoms with van der Waals surface area (Å²) < 4.78 is 0.908. The molecule has 2 aliphatic heterocycles. The molecule has 0 aromatic heterocycles. The molecule has 23 heavy (non-hydrogen) atoms.